The SMILES string of the molecule is COc1cc([C]2[CH][CH][CH][CH]2)c(OC)cc1C#Cc1ccc(SC(C)(C)C)cc1.COc1cc([C]2[CH][CH][CH][CH]2)c(OC)cc1C#Cc1ccc(SC(C)(C)C)cc1.[Fe+2]. The van der Waals surface area contributed by atoms with E-state index in [0.29, 0.717) is 0 Å². The predicted octanol–water partition coefficient (Wildman–Crippen LogP) is 11.5. The summed E-state index contributed by atoms with van der Waals surface area (Å²) in [4.78, 5) is 2.49. The van der Waals surface area contributed by atoms with Crippen molar-refractivity contribution in [2.45, 2.75) is 60.8 Å². The first kappa shape index (κ1) is 46.1. The van der Waals surface area contributed by atoms with Gasteiger partial charge in [0.2, 0.25) is 0 Å². The van der Waals surface area contributed by atoms with Gasteiger partial charge in [0, 0.05) is 53.4 Å². The van der Waals surface area contributed by atoms with Gasteiger partial charge < -0.3 is 18.9 Å². The summed E-state index contributed by atoms with van der Waals surface area (Å²) in [6.07, 6.45) is 16.3. The van der Waals surface area contributed by atoms with Crippen LogP contribution in [0.15, 0.2) is 82.6 Å². The fourth-order valence-corrected chi connectivity index (χ4v) is 7.71. The average molecular weight is 835 g/mol. The Morgan fingerprint density at radius 3 is 1.02 bits per heavy atom. The van der Waals surface area contributed by atoms with E-state index in [1.807, 2.05) is 73.5 Å². The second-order valence-corrected chi connectivity index (χ2v) is 18.6. The molecule has 0 unspecified atom stereocenters. The molecule has 0 aromatic heterocycles. The topological polar surface area (TPSA) is 36.9 Å². The van der Waals surface area contributed by atoms with E-state index in [-0.39, 0.29) is 26.6 Å². The Labute approximate surface area is 362 Å². The summed E-state index contributed by atoms with van der Waals surface area (Å²) in [5.74, 6) is 18.2. The minimum Gasteiger partial charge on any atom is -0.496 e. The normalized spacial score (nSPS) is 14.2. The molecule has 57 heavy (non-hydrogen) atoms. The first-order chi connectivity index (χ1) is 26.8. The van der Waals surface area contributed by atoms with Gasteiger partial charge in [-0.3, -0.25) is 0 Å². The minimum absolute atomic E-state index is 0. The number of thioether (sulfide) groups is 2. The molecule has 6 rings (SSSR count). The van der Waals surface area contributed by atoms with Crippen LogP contribution in [-0.2, 0) is 17.1 Å². The Morgan fingerprint density at radius 1 is 0.421 bits per heavy atom. The van der Waals surface area contributed by atoms with Crippen molar-refractivity contribution in [1.82, 2.24) is 0 Å². The monoisotopic (exact) mass is 834 g/mol. The largest absolute Gasteiger partial charge is 2.00 e. The maximum Gasteiger partial charge on any atom is 2.00 e. The van der Waals surface area contributed by atoms with E-state index in [2.05, 4.69) is 139 Å². The molecule has 0 bridgehead atoms. The molecular weight excluding hydrogens is 785 g/mol. The molecule has 292 valence electrons. The molecule has 10 radical (unpaired) electrons. The van der Waals surface area contributed by atoms with Crippen molar-refractivity contribution in [3.8, 4) is 46.7 Å². The number of hydrogen-bond acceptors (Lipinski definition) is 6. The van der Waals surface area contributed by atoms with Crippen LogP contribution < -0.4 is 18.9 Å². The molecule has 7 heteroatoms. The summed E-state index contributed by atoms with van der Waals surface area (Å²) >= 11 is 3.70. The molecule has 4 aromatic carbocycles. The van der Waals surface area contributed by atoms with Crippen molar-refractivity contribution < 1.29 is 36.0 Å². The van der Waals surface area contributed by atoms with Crippen molar-refractivity contribution >= 4 is 23.5 Å². The van der Waals surface area contributed by atoms with Crippen LogP contribution in [0.5, 0.6) is 23.0 Å². The van der Waals surface area contributed by atoms with Gasteiger partial charge in [0.25, 0.3) is 0 Å². The smallest absolute Gasteiger partial charge is 0.496 e. The summed E-state index contributed by atoms with van der Waals surface area (Å²) in [7, 11) is 6.69. The third-order valence-electron chi connectivity index (χ3n) is 8.23. The third-order valence-corrected chi connectivity index (χ3v) is 10.5. The third kappa shape index (κ3) is 13.8. The molecular formula is C50H50FeO4S2+2. The van der Waals surface area contributed by atoms with Crippen molar-refractivity contribution in [2.75, 3.05) is 28.4 Å². The first-order valence-corrected chi connectivity index (χ1v) is 20.0. The maximum atomic E-state index is 5.60. The second-order valence-electron chi connectivity index (χ2n) is 14.8. The van der Waals surface area contributed by atoms with Gasteiger partial charge in [-0.05, 0) is 124 Å². The number of benzene rings is 4. The predicted molar refractivity (Wildman–Crippen MR) is 234 cm³/mol. The molecule has 4 nitrogen and oxygen atoms in total. The Hall–Kier alpha value is -3.58. The quantitative estimate of drug-likeness (QED) is 0.1000. The van der Waals surface area contributed by atoms with E-state index >= 15 is 0 Å². The van der Waals surface area contributed by atoms with Crippen molar-refractivity contribution in [1.29, 1.82) is 0 Å². The van der Waals surface area contributed by atoms with Gasteiger partial charge in [-0.1, -0.05) is 65.2 Å². The van der Waals surface area contributed by atoms with Crippen LogP contribution in [0.4, 0.5) is 0 Å². The zero-order valence-corrected chi connectivity index (χ0v) is 37.1. The van der Waals surface area contributed by atoms with E-state index < -0.39 is 0 Å². The molecule has 2 aliphatic carbocycles. The van der Waals surface area contributed by atoms with Crippen LogP contribution >= 0.6 is 23.5 Å². The molecule has 2 fully saturated rings. The Morgan fingerprint density at radius 2 is 0.737 bits per heavy atom. The Balaban J connectivity index is 0.000000248. The van der Waals surface area contributed by atoms with E-state index in [1.165, 1.54) is 9.79 Å². The molecule has 0 spiro atoms. The molecule has 0 aliphatic heterocycles. The minimum atomic E-state index is 0. The number of hydrogen-bond donors (Lipinski definition) is 0. The van der Waals surface area contributed by atoms with Crippen molar-refractivity contribution in [3.63, 3.8) is 0 Å². The van der Waals surface area contributed by atoms with Gasteiger partial charge in [0.1, 0.15) is 23.0 Å². The molecule has 0 N–H and O–H groups in total. The fraction of sp³-hybridized carbons (Fsp3) is 0.240. The zero-order valence-electron chi connectivity index (χ0n) is 34.4. The van der Waals surface area contributed by atoms with Crippen molar-refractivity contribution in [3.05, 3.63) is 169 Å². The Kier molecular flexibility index (Phi) is 17.3. The van der Waals surface area contributed by atoms with Crippen LogP contribution in [0, 0.1) is 86.9 Å². The second kappa shape index (κ2) is 21.4. The van der Waals surface area contributed by atoms with Crippen LogP contribution in [0.2, 0.25) is 0 Å². The van der Waals surface area contributed by atoms with E-state index in [4.69, 9.17) is 18.9 Å². The maximum absolute atomic E-state index is 5.60. The zero-order chi connectivity index (χ0) is 40.3. The first-order valence-electron chi connectivity index (χ1n) is 18.4. The average Bonchev–Trinajstić information content (AvgIpc) is 3.92. The number of methoxy groups -OCH3 is 4. The molecule has 0 heterocycles. The Bertz CT molecular complexity index is 1880. The standard InChI is InChI=1S/2C25H25O2S.Fe/c2*1-25(2,3)28-21-14-11-18(12-15-21)10-13-20-16-24(27-5)22(17-23(20)26-4)19-8-6-7-9-19;/h2*6-9,11-12,14-17H,1-5H3;/q;;+2. The van der Waals surface area contributed by atoms with Crippen molar-refractivity contribution in [2.24, 2.45) is 0 Å². The van der Waals surface area contributed by atoms with Gasteiger partial charge in [0.05, 0.1) is 39.6 Å². The molecule has 0 amide bonds. The van der Waals surface area contributed by atoms with Crippen LogP contribution in [0.25, 0.3) is 0 Å². The summed E-state index contributed by atoms with van der Waals surface area (Å²) in [5.41, 5.74) is 5.56. The molecule has 0 saturated heterocycles. The summed E-state index contributed by atoms with van der Waals surface area (Å²) < 4.78 is 22.8. The summed E-state index contributed by atoms with van der Waals surface area (Å²) in [5, 5.41) is 0. The molecule has 4 aromatic rings. The van der Waals surface area contributed by atoms with Crippen LogP contribution in [0.3, 0.4) is 0 Å². The van der Waals surface area contributed by atoms with Gasteiger partial charge in [-0.2, -0.15) is 0 Å². The van der Waals surface area contributed by atoms with Gasteiger partial charge >= 0.3 is 17.1 Å². The number of rotatable bonds is 8. The van der Waals surface area contributed by atoms with Crippen LogP contribution in [0.1, 0.15) is 74.9 Å². The van der Waals surface area contributed by atoms with Gasteiger partial charge in [-0.15, -0.1) is 23.5 Å². The van der Waals surface area contributed by atoms with Crippen LogP contribution in [-0.4, -0.2) is 37.9 Å². The molecule has 2 aliphatic rings. The molecule has 0 atom stereocenters. The van der Waals surface area contributed by atoms with E-state index in [0.717, 1.165) is 68.2 Å². The van der Waals surface area contributed by atoms with E-state index in [9.17, 15) is 0 Å². The van der Waals surface area contributed by atoms with E-state index in [1.54, 1.807) is 28.4 Å². The van der Waals surface area contributed by atoms with Gasteiger partial charge in [0.15, 0.2) is 0 Å². The summed E-state index contributed by atoms with van der Waals surface area (Å²) in [6, 6.07) is 24.6. The van der Waals surface area contributed by atoms with Gasteiger partial charge in [-0.25, -0.2) is 0 Å². The number of ether oxygens (including phenoxy) is 4. The molecule has 2 saturated carbocycles. The summed E-state index contributed by atoms with van der Waals surface area (Å²) in [6.45, 7) is 13.3. The fourth-order valence-electron chi connectivity index (χ4n) is 5.75.